The second kappa shape index (κ2) is 10.3. The lowest BCUT2D eigenvalue weighted by Crippen LogP contribution is -2.25. The minimum absolute atomic E-state index is 0.0450. The largest absolute Gasteiger partial charge is 0.352 e. The van der Waals surface area contributed by atoms with E-state index in [1.807, 2.05) is 30.3 Å². The van der Waals surface area contributed by atoms with Crippen molar-refractivity contribution in [3.63, 3.8) is 0 Å². The Balaban J connectivity index is 1.77. The van der Waals surface area contributed by atoms with Gasteiger partial charge in [-0.2, -0.15) is 0 Å². The quantitative estimate of drug-likeness (QED) is 0.681. The Labute approximate surface area is 149 Å². The van der Waals surface area contributed by atoms with Gasteiger partial charge in [0.05, 0.1) is 0 Å². The highest BCUT2D eigenvalue weighted by Gasteiger charge is 2.06. The molecule has 4 heteroatoms. The van der Waals surface area contributed by atoms with Crippen molar-refractivity contribution in [2.45, 2.75) is 39.2 Å². The zero-order chi connectivity index (χ0) is 17.9. The van der Waals surface area contributed by atoms with E-state index < -0.39 is 0 Å². The molecule has 0 aromatic heterocycles. The van der Waals surface area contributed by atoms with E-state index in [1.165, 1.54) is 12.8 Å². The summed E-state index contributed by atoms with van der Waals surface area (Å²) in [4.78, 5) is 24.1. The Bertz CT molecular complexity index is 666. The molecular formula is C21H26N2O2. The molecule has 0 unspecified atom stereocenters. The van der Waals surface area contributed by atoms with Crippen molar-refractivity contribution < 1.29 is 9.59 Å². The fraction of sp³-hybridized carbons (Fsp3) is 0.333. The molecule has 132 valence electrons. The number of benzene rings is 2. The fourth-order valence-electron chi connectivity index (χ4n) is 2.50. The molecule has 25 heavy (non-hydrogen) atoms. The maximum absolute atomic E-state index is 12.1. The second-order valence-corrected chi connectivity index (χ2v) is 6.06. The Morgan fingerprint density at radius 3 is 2.08 bits per heavy atom. The van der Waals surface area contributed by atoms with Crippen molar-refractivity contribution in [2.24, 2.45) is 0 Å². The fourth-order valence-corrected chi connectivity index (χ4v) is 2.50. The average Bonchev–Trinajstić information content (AvgIpc) is 2.67. The SMILES string of the molecule is CCCCCCNC(=O)c1ccc(CNC(=O)c2ccccc2)cc1. The highest BCUT2D eigenvalue weighted by atomic mass is 16.2. The van der Waals surface area contributed by atoms with Crippen LogP contribution in [0.1, 0.15) is 58.9 Å². The molecule has 0 saturated heterocycles. The van der Waals surface area contributed by atoms with Crippen LogP contribution in [0.2, 0.25) is 0 Å². The van der Waals surface area contributed by atoms with Crippen LogP contribution in [-0.4, -0.2) is 18.4 Å². The van der Waals surface area contributed by atoms with Gasteiger partial charge in [-0.15, -0.1) is 0 Å². The van der Waals surface area contributed by atoms with Crippen molar-refractivity contribution >= 4 is 11.8 Å². The molecule has 2 N–H and O–H groups in total. The molecule has 0 fully saturated rings. The van der Waals surface area contributed by atoms with Crippen molar-refractivity contribution in [3.05, 3.63) is 71.3 Å². The van der Waals surface area contributed by atoms with Gasteiger partial charge in [-0.05, 0) is 36.2 Å². The molecule has 0 aliphatic heterocycles. The van der Waals surface area contributed by atoms with Crippen LogP contribution in [0.15, 0.2) is 54.6 Å². The molecule has 2 rings (SSSR count). The Kier molecular flexibility index (Phi) is 7.70. The Morgan fingerprint density at radius 1 is 0.760 bits per heavy atom. The van der Waals surface area contributed by atoms with Gasteiger partial charge in [-0.3, -0.25) is 9.59 Å². The first-order chi connectivity index (χ1) is 12.2. The predicted octanol–water partition coefficient (Wildman–Crippen LogP) is 3.93. The molecule has 2 amide bonds. The summed E-state index contributed by atoms with van der Waals surface area (Å²) in [6.45, 7) is 3.32. The molecule has 0 saturated carbocycles. The summed E-state index contributed by atoms with van der Waals surface area (Å²) in [7, 11) is 0. The normalized spacial score (nSPS) is 10.3. The van der Waals surface area contributed by atoms with E-state index in [0.717, 1.165) is 18.4 Å². The average molecular weight is 338 g/mol. The van der Waals surface area contributed by atoms with Gasteiger partial charge in [-0.1, -0.05) is 56.5 Å². The lowest BCUT2D eigenvalue weighted by molar-refractivity contribution is 0.0942. The number of hydrogen-bond donors (Lipinski definition) is 2. The third kappa shape index (κ3) is 6.42. The first-order valence-electron chi connectivity index (χ1n) is 8.91. The molecule has 0 radical (unpaired) electrons. The van der Waals surface area contributed by atoms with E-state index in [1.54, 1.807) is 24.3 Å². The van der Waals surface area contributed by atoms with Crippen LogP contribution in [0.4, 0.5) is 0 Å². The molecule has 0 heterocycles. The lowest BCUT2D eigenvalue weighted by atomic mass is 10.1. The number of rotatable bonds is 9. The summed E-state index contributed by atoms with van der Waals surface area (Å²) < 4.78 is 0. The Hall–Kier alpha value is -2.62. The van der Waals surface area contributed by atoms with Crippen LogP contribution in [0.25, 0.3) is 0 Å². The third-order valence-corrected chi connectivity index (χ3v) is 4.02. The summed E-state index contributed by atoms with van der Waals surface area (Å²) >= 11 is 0. The molecule has 0 spiro atoms. The first kappa shape index (κ1) is 18.7. The van der Waals surface area contributed by atoms with E-state index in [0.29, 0.717) is 24.2 Å². The van der Waals surface area contributed by atoms with Gasteiger partial charge in [0.1, 0.15) is 0 Å². The van der Waals surface area contributed by atoms with Gasteiger partial charge in [-0.25, -0.2) is 0 Å². The summed E-state index contributed by atoms with van der Waals surface area (Å²) in [6.07, 6.45) is 4.56. The van der Waals surface area contributed by atoms with Crippen LogP contribution < -0.4 is 10.6 Å². The minimum atomic E-state index is -0.102. The summed E-state index contributed by atoms with van der Waals surface area (Å²) in [5.74, 6) is -0.147. The summed E-state index contributed by atoms with van der Waals surface area (Å²) in [6, 6.07) is 16.5. The molecule has 0 atom stereocenters. The number of amides is 2. The molecular weight excluding hydrogens is 312 g/mol. The number of hydrogen-bond acceptors (Lipinski definition) is 2. The smallest absolute Gasteiger partial charge is 0.251 e. The molecule has 0 aliphatic rings. The van der Waals surface area contributed by atoms with Crippen LogP contribution in [-0.2, 0) is 6.54 Å². The first-order valence-corrected chi connectivity index (χ1v) is 8.91. The van der Waals surface area contributed by atoms with Gasteiger partial charge >= 0.3 is 0 Å². The number of unbranched alkanes of at least 4 members (excludes halogenated alkanes) is 3. The van der Waals surface area contributed by atoms with E-state index in [4.69, 9.17) is 0 Å². The van der Waals surface area contributed by atoms with Gasteiger partial charge in [0.15, 0.2) is 0 Å². The third-order valence-electron chi connectivity index (χ3n) is 4.02. The van der Waals surface area contributed by atoms with Crippen molar-refractivity contribution in [2.75, 3.05) is 6.54 Å². The minimum Gasteiger partial charge on any atom is -0.352 e. The molecule has 0 bridgehead atoms. The van der Waals surface area contributed by atoms with Crippen molar-refractivity contribution in [1.82, 2.24) is 10.6 Å². The van der Waals surface area contributed by atoms with Gasteiger partial charge in [0.25, 0.3) is 11.8 Å². The highest BCUT2D eigenvalue weighted by Crippen LogP contribution is 2.06. The Morgan fingerprint density at radius 2 is 1.40 bits per heavy atom. The topological polar surface area (TPSA) is 58.2 Å². The van der Waals surface area contributed by atoms with Crippen molar-refractivity contribution in [3.8, 4) is 0 Å². The number of carbonyl (C=O) groups excluding carboxylic acids is 2. The lowest BCUT2D eigenvalue weighted by Gasteiger charge is -2.08. The van der Waals surface area contributed by atoms with E-state index in [-0.39, 0.29) is 11.8 Å². The predicted molar refractivity (Wildman–Crippen MR) is 101 cm³/mol. The molecule has 0 aliphatic carbocycles. The van der Waals surface area contributed by atoms with Gasteiger partial charge in [0.2, 0.25) is 0 Å². The van der Waals surface area contributed by atoms with E-state index in [2.05, 4.69) is 17.6 Å². The standard InChI is InChI=1S/C21H26N2O2/c1-2-3-4-8-15-22-20(24)19-13-11-17(12-14-19)16-23-21(25)18-9-6-5-7-10-18/h5-7,9-14H,2-4,8,15-16H2,1H3,(H,22,24)(H,23,25). The molecule has 2 aromatic rings. The van der Waals surface area contributed by atoms with E-state index in [9.17, 15) is 9.59 Å². The van der Waals surface area contributed by atoms with Gasteiger partial charge < -0.3 is 10.6 Å². The molecule has 4 nitrogen and oxygen atoms in total. The van der Waals surface area contributed by atoms with Crippen LogP contribution >= 0.6 is 0 Å². The number of carbonyl (C=O) groups is 2. The zero-order valence-corrected chi connectivity index (χ0v) is 14.8. The number of nitrogens with one attached hydrogen (secondary N) is 2. The summed E-state index contributed by atoms with van der Waals surface area (Å²) in [5, 5.41) is 5.82. The van der Waals surface area contributed by atoms with Crippen LogP contribution in [0, 0.1) is 0 Å². The monoisotopic (exact) mass is 338 g/mol. The van der Waals surface area contributed by atoms with Crippen LogP contribution in [0.3, 0.4) is 0 Å². The maximum atomic E-state index is 12.1. The second-order valence-electron chi connectivity index (χ2n) is 6.06. The van der Waals surface area contributed by atoms with Gasteiger partial charge in [0, 0.05) is 24.2 Å². The van der Waals surface area contributed by atoms with E-state index >= 15 is 0 Å². The molecule has 2 aromatic carbocycles. The van der Waals surface area contributed by atoms with Crippen molar-refractivity contribution in [1.29, 1.82) is 0 Å². The summed E-state index contributed by atoms with van der Waals surface area (Å²) in [5.41, 5.74) is 2.25. The van der Waals surface area contributed by atoms with Crippen LogP contribution in [0.5, 0.6) is 0 Å². The maximum Gasteiger partial charge on any atom is 0.251 e. The highest BCUT2D eigenvalue weighted by molar-refractivity contribution is 5.94. The zero-order valence-electron chi connectivity index (χ0n) is 14.8.